The molecule has 3 aliphatic rings. The van der Waals surface area contributed by atoms with E-state index in [0.717, 1.165) is 37.0 Å². The quantitative estimate of drug-likeness (QED) is 0.685. The van der Waals surface area contributed by atoms with Gasteiger partial charge in [-0.2, -0.15) is 0 Å². The zero-order valence-electron chi connectivity index (χ0n) is 18.2. The van der Waals surface area contributed by atoms with Crippen molar-refractivity contribution in [1.29, 1.82) is 0 Å². The van der Waals surface area contributed by atoms with Crippen molar-refractivity contribution in [3.8, 4) is 5.75 Å². The highest BCUT2D eigenvalue weighted by molar-refractivity contribution is 7.15. The minimum Gasteiger partial charge on any atom is -0.508 e. The third kappa shape index (κ3) is 3.59. The number of phenols is 1. The number of nitrogens with zero attached hydrogens (tertiary/aromatic N) is 1. The van der Waals surface area contributed by atoms with Crippen molar-refractivity contribution in [1.82, 2.24) is 4.98 Å². The van der Waals surface area contributed by atoms with E-state index in [1.54, 1.807) is 12.3 Å². The van der Waals surface area contributed by atoms with Crippen molar-refractivity contribution in [2.75, 3.05) is 5.32 Å². The van der Waals surface area contributed by atoms with Crippen LogP contribution in [0.1, 0.15) is 67.4 Å². The number of aryl methyl sites for hydroxylation is 2. The minimum absolute atomic E-state index is 0.00720. The van der Waals surface area contributed by atoms with Crippen LogP contribution in [-0.2, 0) is 16.0 Å². The monoisotopic (exact) mass is 438 g/mol. The van der Waals surface area contributed by atoms with Crippen LogP contribution in [-0.4, -0.2) is 21.8 Å². The van der Waals surface area contributed by atoms with Crippen LogP contribution in [0.5, 0.6) is 5.75 Å². The van der Waals surface area contributed by atoms with Crippen LogP contribution < -0.4 is 5.32 Å². The van der Waals surface area contributed by atoms with Gasteiger partial charge in [-0.3, -0.25) is 9.59 Å². The minimum atomic E-state index is -0.247. The Bertz CT molecular complexity index is 1030. The van der Waals surface area contributed by atoms with Crippen LogP contribution >= 0.6 is 11.3 Å². The summed E-state index contributed by atoms with van der Waals surface area (Å²) in [6.07, 6.45) is 7.56. The number of carbonyl (C=O) groups excluding carboxylic acids is 2. The van der Waals surface area contributed by atoms with Crippen LogP contribution in [0.3, 0.4) is 0 Å². The summed E-state index contributed by atoms with van der Waals surface area (Å²) in [5.41, 5.74) is 2.39. The van der Waals surface area contributed by atoms with Crippen LogP contribution in [0.4, 0.5) is 5.13 Å². The summed E-state index contributed by atoms with van der Waals surface area (Å²) in [4.78, 5) is 30.9. The summed E-state index contributed by atoms with van der Waals surface area (Å²) < 4.78 is 0. The smallest absolute Gasteiger partial charge is 0.226 e. The molecule has 3 unspecified atom stereocenters. The topological polar surface area (TPSA) is 79.3 Å². The van der Waals surface area contributed by atoms with Gasteiger partial charge in [-0.05, 0) is 86.0 Å². The highest BCUT2D eigenvalue weighted by Crippen LogP contribution is 2.62. The van der Waals surface area contributed by atoms with Gasteiger partial charge in [0.1, 0.15) is 11.5 Å². The lowest BCUT2D eigenvalue weighted by Crippen LogP contribution is -2.44. The Labute approximate surface area is 187 Å². The molecule has 2 aromatic rings. The third-order valence-electron chi connectivity index (χ3n) is 8.16. The van der Waals surface area contributed by atoms with Crippen molar-refractivity contribution < 1.29 is 14.7 Å². The largest absolute Gasteiger partial charge is 0.508 e. The number of anilines is 1. The van der Waals surface area contributed by atoms with E-state index in [4.69, 9.17) is 0 Å². The van der Waals surface area contributed by atoms with E-state index in [-0.39, 0.29) is 17.2 Å². The lowest BCUT2D eigenvalue weighted by Gasteiger charge is -2.50. The molecule has 31 heavy (non-hydrogen) atoms. The zero-order chi connectivity index (χ0) is 21.8. The van der Waals surface area contributed by atoms with Crippen molar-refractivity contribution in [2.45, 2.75) is 64.7 Å². The maximum absolute atomic E-state index is 13.1. The van der Waals surface area contributed by atoms with Crippen LogP contribution in [0.2, 0.25) is 0 Å². The van der Waals surface area contributed by atoms with Gasteiger partial charge in [-0.15, -0.1) is 11.3 Å². The molecular formula is C25H30N2O3S. The summed E-state index contributed by atoms with van der Waals surface area (Å²) in [7, 11) is 0. The summed E-state index contributed by atoms with van der Waals surface area (Å²) in [6.45, 7) is 4.16. The van der Waals surface area contributed by atoms with E-state index < -0.39 is 0 Å². The van der Waals surface area contributed by atoms with E-state index in [1.165, 1.54) is 22.5 Å². The first-order valence-corrected chi connectivity index (χ1v) is 12.2. The fourth-order valence-corrected chi connectivity index (χ4v) is 7.48. The van der Waals surface area contributed by atoms with Crippen molar-refractivity contribution in [2.24, 2.45) is 23.2 Å². The number of carbonyl (C=O) groups is 2. The number of aromatic nitrogens is 1. The van der Waals surface area contributed by atoms with E-state index >= 15 is 0 Å². The van der Waals surface area contributed by atoms with Gasteiger partial charge in [0.15, 0.2) is 5.13 Å². The Morgan fingerprint density at radius 3 is 2.97 bits per heavy atom. The van der Waals surface area contributed by atoms with E-state index in [0.29, 0.717) is 47.3 Å². The highest BCUT2D eigenvalue weighted by atomic mass is 32.1. The highest BCUT2D eigenvalue weighted by Gasteiger charge is 2.58. The number of fused-ring (bicyclic) bond motifs is 5. The number of hydrogen-bond acceptors (Lipinski definition) is 5. The number of Topliss-reactive ketones (excluding diaryl/α,β-unsaturated/α-hetero) is 1. The lowest BCUT2D eigenvalue weighted by molar-refractivity contribution is -0.129. The molecule has 1 aromatic heterocycles. The summed E-state index contributed by atoms with van der Waals surface area (Å²) in [5.74, 6) is 2.29. The number of rotatable bonds is 4. The molecule has 2 saturated carbocycles. The first-order valence-electron chi connectivity index (χ1n) is 11.4. The standard InChI is InChI=1S/C25H30N2O3S/c1-14-13-26-24(31-14)27-22(30)8-4-16-12-21(29)25(2)10-9-19-18-7-5-17(28)11-15(18)3-6-20(19)23(16)25/h5,7,11,13,16,19-20,23,28H,3-4,6,8-10,12H2,1-2H3,(H,26,27,30)/t16-,19?,20?,23?,25-/m1/s1. The first-order chi connectivity index (χ1) is 14.8. The predicted molar refractivity (Wildman–Crippen MR) is 121 cm³/mol. The Hall–Kier alpha value is -2.21. The molecule has 0 radical (unpaired) electrons. The van der Waals surface area contributed by atoms with Crippen molar-refractivity contribution in [3.05, 3.63) is 40.4 Å². The second-order valence-corrected chi connectivity index (χ2v) is 11.2. The number of nitrogens with one attached hydrogen (secondary N) is 1. The number of aromatic hydroxyl groups is 1. The molecular weight excluding hydrogens is 408 g/mol. The number of benzene rings is 1. The molecule has 5 nitrogen and oxygen atoms in total. The van der Waals surface area contributed by atoms with Gasteiger partial charge in [0, 0.05) is 29.3 Å². The summed E-state index contributed by atoms with van der Waals surface area (Å²) >= 11 is 1.49. The van der Waals surface area contributed by atoms with Crippen molar-refractivity contribution >= 4 is 28.2 Å². The Balaban J connectivity index is 1.33. The molecule has 1 amide bonds. The molecule has 2 N–H and O–H groups in total. The fourth-order valence-electron chi connectivity index (χ4n) is 6.80. The van der Waals surface area contributed by atoms with E-state index in [1.807, 2.05) is 13.0 Å². The van der Waals surface area contributed by atoms with Crippen molar-refractivity contribution in [3.63, 3.8) is 0 Å². The van der Waals surface area contributed by atoms with Crippen LogP contribution in [0.15, 0.2) is 24.4 Å². The Kier molecular flexibility index (Phi) is 5.16. The molecule has 164 valence electrons. The van der Waals surface area contributed by atoms with Gasteiger partial charge in [0.25, 0.3) is 0 Å². The molecule has 0 spiro atoms. The molecule has 5 rings (SSSR count). The van der Waals surface area contributed by atoms with Gasteiger partial charge >= 0.3 is 0 Å². The third-order valence-corrected chi connectivity index (χ3v) is 8.99. The second-order valence-electron chi connectivity index (χ2n) is 9.92. The predicted octanol–water partition coefficient (Wildman–Crippen LogP) is 5.23. The number of thiazole rings is 1. The molecule has 5 atom stereocenters. The van der Waals surface area contributed by atoms with E-state index in [9.17, 15) is 14.7 Å². The molecule has 1 heterocycles. The summed E-state index contributed by atoms with van der Waals surface area (Å²) in [5, 5.41) is 13.5. The average molecular weight is 439 g/mol. The molecule has 2 fully saturated rings. The molecule has 0 aliphatic heterocycles. The molecule has 3 aliphatic carbocycles. The SMILES string of the molecule is Cc1cnc(NC(=O)CC[C@@H]2CC(=O)[C@@]3(C)CCC4c5ccc(O)cc5CCC4C23)s1. The van der Waals surface area contributed by atoms with Crippen LogP contribution in [0, 0.1) is 30.1 Å². The Morgan fingerprint density at radius 1 is 1.35 bits per heavy atom. The first kappa shape index (κ1) is 20.7. The molecule has 1 aromatic carbocycles. The Morgan fingerprint density at radius 2 is 2.19 bits per heavy atom. The van der Waals surface area contributed by atoms with Crippen LogP contribution in [0.25, 0.3) is 0 Å². The second kappa shape index (κ2) is 7.73. The van der Waals surface area contributed by atoms with E-state index in [2.05, 4.69) is 23.3 Å². The molecule has 6 heteroatoms. The maximum Gasteiger partial charge on any atom is 0.226 e. The molecule has 0 saturated heterocycles. The van der Waals surface area contributed by atoms with Gasteiger partial charge in [0.2, 0.25) is 5.91 Å². The fraction of sp³-hybridized carbons (Fsp3) is 0.560. The normalized spacial score (nSPS) is 31.6. The molecule has 0 bridgehead atoms. The van der Waals surface area contributed by atoms with Gasteiger partial charge in [0.05, 0.1) is 0 Å². The van der Waals surface area contributed by atoms with Gasteiger partial charge in [-0.25, -0.2) is 4.98 Å². The number of ketones is 1. The number of amides is 1. The van der Waals surface area contributed by atoms with Gasteiger partial charge < -0.3 is 10.4 Å². The lowest BCUT2D eigenvalue weighted by atomic mass is 9.54. The number of phenolic OH excluding ortho intramolecular Hbond substituents is 1. The summed E-state index contributed by atoms with van der Waals surface area (Å²) in [6, 6.07) is 5.82. The average Bonchev–Trinajstić information content (AvgIpc) is 3.25. The maximum atomic E-state index is 13.1. The van der Waals surface area contributed by atoms with Gasteiger partial charge in [-0.1, -0.05) is 13.0 Å². The number of hydrogen-bond donors (Lipinski definition) is 2. The zero-order valence-corrected chi connectivity index (χ0v) is 19.0.